The largest absolute Gasteiger partial charge is 0.407 e. The van der Waals surface area contributed by atoms with Gasteiger partial charge in [0.25, 0.3) is 0 Å². The first kappa shape index (κ1) is 19.8. The number of rotatable bonds is 4. The summed E-state index contributed by atoms with van der Waals surface area (Å²) in [7, 11) is 0. The number of aromatic nitrogens is 2. The van der Waals surface area contributed by atoms with Crippen LogP contribution in [0.3, 0.4) is 0 Å². The van der Waals surface area contributed by atoms with Gasteiger partial charge in [-0.15, -0.1) is 0 Å². The number of halogens is 1. The number of ether oxygens (including phenoxy) is 1. The summed E-state index contributed by atoms with van der Waals surface area (Å²) >= 11 is 3.52. The van der Waals surface area contributed by atoms with Gasteiger partial charge in [0, 0.05) is 16.0 Å². The van der Waals surface area contributed by atoms with Crippen LogP contribution in [0, 0.1) is 12.8 Å². The van der Waals surface area contributed by atoms with E-state index in [-0.39, 0.29) is 17.8 Å². The highest BCUT2D eigenvalue weighted by molar-refractivity contribution is 9.10. The average molecular weight is 473 g/mol. The quantitative estimate of drug-likeness (QED) is 0.349. The van der Waals surface area contributed by atoms with E-state index in [1.807, 2.05) is 67.6 Å². The molecule has 0 amide bonds. The Labute approximate surface area is 189 Å². The summed E-state index contributed by atoms with van der Waals surface area (Å²) in [5.41, 5.74) is 4.92. The molecule has 3 aromatic carbocycles. The minimum absolute atomic E-state index is 0.137. The molecule has 1 aliphatic rings. The maximum atomic E-state index is 13.3. The fraction of sp³-hybridized carbons (Fsp3) is 0.154. The van der Waals surface area contributed by atoms with E-state index in [1.165, 1.54) is 0 Å². The normalized spacial score (nSPS) is 17.8. The summed E-state index contributed by atoms with van der Waals surface area (Å²) in [4.78, 5) is 13.3. The molecule has 0 bridgehead atoms. The molecule has 0 unspecified atom stereocenters. The predicted molar refractivity (Wildman–Crippen MR) is 124 cm³/mol. The maximum absolute atomic E-state index is 13.3. The van der Waals surface area contributed by atoms with Crippen LogP contribution in [0.5, 0.6) is 5.88 Å². The van der Waals surface area contributed by atoms with Gasteiger partial charge in [-0.25, -0.2) is 4.68 Å². The number of esters is 1. The van der Waals surface area contributed by atoms with Crippen molar-refractivity contribution in [3.05, 3.63) is 112 Å². The Morgan fingerprint density at radius 3 is 2.26 bits per heavy atom. The summed E-state index contributed by atoms with van der Waals surface area (Å²) < 4.78 is 8.70. The molecule has 0 spiro atoms. The zero-order valence-electron chi connectivity index (χ0n) is 17.0. The molecule has 2 heterocycles. The summed E-state index contributed by atoms with van der Waals surface area (Å²) in [6, 6.07) is 28.1. The number of carbonyl (C=O) groups is 1. The van der Waals surface area contributed by atoms with Gasteiger partial charge in [-0.2, -0.15) is 5.10 Å². The zero-order chi connectivity index (χ0) is 21.4. The Morgan fingerprint density at radius 1 is 0.935 bits per heavy atom. The maximum Gasteiger partial charge on any atom is 0.316 e. The summed E-state index contributed by atoms with van der Waals surface area (Å²) in [5, 5.41) is 4.76. The second kappa shape index (κ2) is 8.16. The van der Waals surface area contributed by atoms with Gasteiger partial charge >= 0.3 is 5.97 Å². The van der Waals surface area contributed by atoms with Crippen LogP contribution in [0.4, 0.5) is 0 Å². The molecule has 5 heteroatoms. The number of hydrogen-bond donors (Lipinski definition) is 0. The molecule has 1 aromatic heterocycles. The molecule has 0 fully saturated rings. The number of para-hydroxylation sites is 1. The van der Waals surface area contributed by atoms with E-state index < -0.39 is 0 Å². The summed E-state index contributed by atoms with van der Waals surface area (Å²) in [6.07, 6.45) is 0.607. The van der Waals surface area contributed by atoms with Crippen molar-refractivity contribution in [2.75, 3.05) is 0 Å². The zero-order valence-corrected chi connectivity index (χ0v) is 18.6. The molecule has 5 rings (SSSR count). The van der Waals surface area contributed by atoms with Crippen LogP contribution in [0.15, 0.2) is 89.4 Å². The predicted octanol–water partition coefficient (Wildman–Crippen LogP) is 5.85. The van der Waals surface area contributed by atoms with E-state index in [4.69, 9.17) is 9.84 Å². The Kier molecular flexibility index (Phi) is 5.20. The Balaban J connectivity index is 1.67. The van der Waals surface area contributed by atoms with Gasteiger partial charge in [-0.3, -0.25) is 4.79 Å². The molecule has 154 valence electrons. The summed E-state index contributed by atoms with van der Waals surface area (Å²) in [5.74, 6) is -0.169. The van der Waals surface area contributed by atoms with Gasteiger partial charge in [0.05, 0.1) is 17.3 Å². The van der Waals surface area contributed by atoms with Crippen molar-refractivity contribution in [3.8, 4) is 11.6 Å². The van der Waals surface area contributed by atoms with Crippen LogP contribution in [0.1, 0.15) is 28.3 Å². The molecule has 0 aliphatic carbocycles. The fourth-order valence-electron chi connectivity index (χ4n) is 4.37. The fourth-order valence-corrected chi connectivity index (χ4v) is 4.63. The first-order valence-corrected chi connectivity index (χ1v) is 11.1. The van der Waals surface area contributed by atoms with Crippen molar-refractivity contribution in [2.45, 2.75) is 19.3 Å². The molecule has 1 aliphatic heterocycles. The van der Waals surface area contributed by atoms with E-state index in [9.17, 15) is 4.79 Å². The van der Waals surface area contributed by atoms with Crippen LogP contribution < -0.4 is 4.74 Å². The van der Waals surface area contributed by atoms with E-state index in [2.05, 4.69) is 40.2 Å². The average Bonchev–Trinajstić information content (AvgIpc) is 3.12. The molecule has 0 saturated heterocycles. The highest BCUT2D eigenvalue weighted by atomic mass is 79.9. The van der Waals surface area contributed by atoms with Gasteiger partial charge in [-0.1, -0.05) is 76.6 Å². The minimum Gasteiger partial charge on any atom is -0.407 e. The Bertz CT molecular complexity index is 1220. The first-order valence-electron chi connectivity index (χ1n) is 10.3. The molecule has 0 saturated carbocycles. The third kappa shape index (κ3) is 3.70. The number of nitrogens with zero attached hydrogens (tertiary/aromatic N) is 2. The number of aryl methyl sites for hydroxylation is 1. The third-order valence-corrected chi connectivity index (χ3v) is 6.33. The van der Waals surface area contributed by atoms with Gasteiger partial charge in [0.15, 0.2) is 0 Å². The van der Waals surface area contributed by atoms with E-state index in [0.29, 0.717) is 12.3 Å². The standard InChI is InChI=1S/C26H21BrN2O2/c1-17-23-24(19-12-14-20(27)15-13-19)22(16-18-8-4-2-5-9-18)26(30)31-25(23)29(28-17)21-10-6-3-7-11-21/h2-15,22,24H,16H2,1H3/t22-,24+/m0/s1. The van der Waals surface area contributed by atoms with Gasteiger partial charge < -0.3 is 4.74 Å². The molecule has 0 radical (unpaired) electrons. The van der Waals surface area contributed by atoms with Gasteiger partial charge in [-0.05, 0) is 48.7 Å². The van der Waals surface area contributed by atoms with Crippen molar-refractivity contribution in [2.24, 2.45) is 5.92 Å². The Morgan fingerprint density at radius 2 is 1.58 bits per heavy atom. The Hall–Kier alpha value is -3.18. The smallest absolute Gasteiger partial charge is 0.316 e. The number of benzene rings is 3. The molecular weight excluding hydrogens is 452 g/mol. The van der Waals surface area contributed by atoms with Gasteiger partial charge in [0.1, 0.15) is 0 Å². The van der Waals surface area contributed by atoms with Crippen molar-refractivity contribution >= 4 is 21.9 Å². The number of hydrogen-bond acceptors (Lipinski definition) is 3. The van der Waals surface area contributed by atoms with Crippen LogP contribution in [-0.2, 0) is 11.2 Å². The molecule has 31 heavy (non-hydrogen) atoms. The van der Waals surface area contributed by atoms with Crippen LogP contribution >= 0.6 is 15.9 Å². The molecule has 4 nitrogen and oxygen atoms in total. The van der Waals surface area contributed by atoms with Crippen molar-refractivity contribution in [3.63, 3.8) is 0 Å². The monoisotopic (exact) mass is 472 g/mol. The number of carbonyl (C=O) groups excluding carboxylic acids is 1. The second-order valence-electron chi connectivity index (χ2n) is 7.80. The van der Waals surface area contributed by atoms with E-state index >= 15 is 0 Å². The second-order valence-corrected chi connectivity index (χ2v) is 8.71. The van der Waals surface area contributed by atoms with Crippen LogP contribution in [0.2, 0.25) is 0 Å². The van der Waals surface area contributed by atoms with Crippen molar-refractivity contribution in [1.82, 2.24) is 9.78 Å². The lowest BCUT2D eigenvalue weighted by molar-refractivity contribution is -0.141. The molecular formula is C26H21BrN2O2. The van der Waals surface area contributed by atoms with Crippen molar-refractivity contribution < 1.29 is 9.53 Å². The lowest BCUT2D eigenvalue weighted by atomic mass is 9.76. The topological polar surface area (TPSA) is 44.1 Å². The molecule has 4 aromatic rings. The minimum atomic E-state index is -0.330. The molecule has 0 N–H and O–H groups in total. The first-order chi connectivity index (χ1) is 15.1. The van der Waals surface area contributed by atoms with E-state index in [1.54, 1.807) is 4.68 Å². The van der Waals surface area contributed by atoms with Crippen LogP contribution in [-0.4, -0.2) is 15.7 Å². The lowest BCUT2D eigenvalue weighted by Gasteiger charge is -2.31. The van der Waals surface area contributed by atoms with Gasteiger partial charge in [0.2, 0.25) is 5.88 Å². The van der Waals surface area contributed by atoms with Crippen LogP contribution in [0.25, 0.3) is 5.69 Å². The number of fused-ring (bicyclic) bond motifs is 1. The van der Waals surface area contributed by atoms with Crippen molar-refractivity contribution in [1.29, 1.82) is 0 Å². The van der Waals surface area contributed by atoms with E-state index in [0.717, 1.165) is 32.5 Å². The third-order valence-electron chi connectivity index (χ3n) is 5.80. The molecule has 2 atom stereocenters. The highest BCUT2D eigenvalue weighted by Crippen LogP contribution is 2.46. The highest BCUT2D eigenvalue weighted by Gasteiger charge is 2.42. The summed E-state index contributed by atoms with van der Waals surface area (Å²) in [6.45, 7) is 1.99. The SMILES string of the molecule is Cc1nn(-c2ccccc2)c2c1[C@H](c1ccc(Br)cc1)[C@H](Cc1ccccc1)C(=O)O2. The lowest BCUT2D eigenvalue weighted by Crippen LogP contribution is -2.34.